The van der Waals surface area contributed by atoms with E-state index in [1.807, 2.05) is 13.0 Å². The Balaban J connectivity index is 1.84. The van der Waals surface area contributed by atoms with Crippen LogP contribution in [0.25, 0.3) is 6.08 Å². The highest BCUT2D eigenvalue weighted by Gasteiger charge is 2.32. The van der Waals surface area contributed by atoms with Crippen molar-refractivity contribution in [3.05, 3.63) is 64.0 Å². The monoisotopic (exact) mass is 415 g/mol. The quantitative estimate of drug-likeness (QED) is 0.726. The highest BCUT2D eigenvalue weighted by atomic mass is 35.5. The summed E-state index contributed by atoms with van der Waals surface area (Å²) in [7, 11) is 0. The molecule has 0 spiro atoms. The molecule has 2 aromatic carbocycles. The maximum absolute atomic E-state index is 12.7. The van der Waals surface area contributed by atoms with Crippen molar-refractivity contribution < 1.29 is 14.3 Å². The lowest BCUT2D eigenvalue weighted by molar-refractivity contribution is -0.122. The Morgan fingerprint density at radius 1 is 1.29 bits per heavy atom. The fraction of sp³-hybridized carbons (Fsp3) is 0.150. The molecule has 1 fully saturated rings. The van der Waals surface area contributed by atoms with Crippen LogP contribution in [0.1, 0.15) is 12.5 Å². The standard InChI is InChI=1S/C20H18ClN3O3S/c1-2-24-19(26)17(28-20(24)23-15-8-6-14(21)7-9-15)11-13-4-3-5-16(10-13)27-12-18(22)25/h3-11H,2,12H2,1H3,(H2,22,25)/b17-11+,23-20?. The van der Waals surface area contributed by atoms with Crippen LogP contribution in [0.3, 0.4) is 0 Å². The van der Waals surface area contributed by atoms with Crippen molar-refractivity contribution in [2.75, 3.05) is 13.2 Å². The zero-order chi connectivity index (χ0) is 20.1. The normalized spacial score (nSPS) is 16.8. The van der Waals surface area contributed by atoms with Gasteiger partial charge in [0.25, 0.3) is 11.8 Å². The number of halogens is 1. The first-order chi connectivity index (χ1) is 13.5. The summed E-state index contributed by atoms with van der Waals surface area (Å²) in [6.07, 6.45) is 1.77. The van der Waals surface area contributed by atoms with Gasteiger partial charge in [0.1, 0.15) is 5.75 Å². The number of carbonyl (C=O) groups excluding carboxylic acids is 2. The topological polar surface area (TPSA) is 85.0 Å². The van der Waals surface area contributed by atoms with Crippen molar-refractivity contribution in [2.45, 2.75) is 6.92 Å². The molecule has 3 rings (SSSR count). The molecular formula is C20H18ClN3O3S. The van der Waals surface area contributed by atoms with E-state index in [1.165, 1.54) is 11.8 Å². The van der Waals surface area contributed by atoms with Gasteiger partial charge in [-0.1, -0.05) is 23.7 Å². The number of benzene rings is 2. The minimum atomic E-state index is -0.549. The van der Waals surface area contributed by atoms with Gasteiger partial charge in [0, 0.05) is 11.6 Å². The molecule has 0 radical (unpaired) electrons. The van der Waals surface area contributed by atoms with Crippen LogP contribution in [0.5, 0.6) is 5.75 Å². The molecule has 1 aliphatic rings. The summed E-state index contributed by atoms with van der Waals surface area (Å²) in [4.78, 5) is 30.4. The Bertz CT molecular complexity index is 957. The molecule has 1 heterocycles. The van der Waals surface area contributed by atoms with Gasteiger partial charge < -0.3 is 10.5 Å². The van der Waals surface area contributed by atoms with E-state index in [0.29, 0.717) is 27.4 Å². The van der Waals surface area contributed by atoms with Crippen LogP contribution in [0, 0.1) is 0 Å². The molecule has 0 atom stereocenters. The predicted molar refractivity (Wildman–Crippen MR) is 113 cm³/mol. The third-order valence-corrected chi connectivity index (χ3v) is 5.05. The van der Waals surface area contributed by atoms with Crippen molar-refractivity contribution in [2.24, 2.45) is 10.7 Å². The molecule has 2 amide bonds. The van der Waals surface area contributed by atoms with Gasteiger partial charge in [-0.3, -0.25) is 14.5 Å². The van der Waals surface area contributed by atoms with Gasteiger partial charge in [-0.15, -0.1) is 0 Å². The number of nitrogens with two attached hydrogens (primary N) is 1. The number of primary amides is 1. The molecule has 0 aromatic heterocycles. The van der Waals surface area contributed by atoms with Crippen LogP contribution >= 0.6 is 23.4 Å². The molecule has 1 aliphatic heterocycles. The number of amides is 2. The first-order valence-electron chi connectivity index (χ1n) is 8.53. The molecule has 1 saturated heterocycles. The van der Waals surface area contributed by atoms with Crippen molar-refractivity contribution in [1.82, 2.24) is 4.90 Å². The number of rotatable bonds is 6. The van der Waals surface area contributed by atoms with Crippen molar-refractivity contribution in [3.63, 3.8) is 0 Å². The zero-order valence-corrected chi connectivity index (χ0v) is 16.7. The summed E-state index contributed by atoms with van der Waals surface area (Å²) in [5.41, 5.74) is 6.60. The average Bonchev–Trinajstić information content (AvgIpc) is 2.96. The number of nitrogens with zero attached hydrogens (tertiary/aromatic N) is 2. The Kier molecular flexibility index (Phi) is 6.38. The highest BCUT2D eigenvalue weighted by Crippen LogP contribution is 2.34. The molecule has 8 heteroatoms. The van der Waals surface area contributed by atoms with E-state index < -0.39 is 5.91 Å². The number of amidine groups is 1. The molecule has 2 N–H and O–H groups in total. The first-order valence-corrected chi connectivity index (χ1v) is 9.72. The van der Waals surface area contributed by atoms with Crippen molar-refractivity contribution >= 4 is 52.1 Å². The fourth-order valence-electron chi connectivity index (χ4n) is 2.50. The molecule has 0 unspecified atom stereocenters. The number of hydrogen-bond acceptors (Lipinski definition) is 5. The van der Waals surface area contributed by atoms with Crippen LogP contribution in [0.15, 0.2) is 58.4 Å². The summed E-state index contributed by atoms with van der Waals surface area (Å²) in [6.45, 7) is 2.21. The van der Waals surface area contributed by atoms with Gasteiger partial charge in [-0.2, -0.15) is 0 Å². The molecule has 0 bridgehead atoms. The molecule has 144 valence electrons. The van der Waals surface area contributed by atoms with Gasteiger partial charge in [-0.05, 0) is 66.7 Å². The number of thioether (sulfide) groups is 1. The van der Waals surface area contributed by atoms with E-state index in [-0.39, 0.29) is 12.5 Å². The van der Waals surface area contributed by atoms with Gasteiger partial charge >= 0.3 is 0 Å². The second-order valence-electron chi connectivity index (χ2n) is 5.86. The predicted octanol–water partition coefficient (Wildman–Crippen LogP) is 3.83. The molecule has 28 heavy (non-hydrogen) atoms. The van der Waals surface area contributed by atoms with E-state index >= 15 is 0 Å². The summed E-state index contributed by atoms with van der Waals surface area (Å²) in [5.74, 6) is -0.151. The van der Waals surface area contributed by atoms with E-state index in [9.17, 15) is 9.59 Å². The molecule has 0 aliphatic carbocycles. The number of likely N-dealkylation sites (N-methyl/N-ethyl adjacent to an activating group) is 1. The maximum atomic E-state index is 12.7. The summed E-state index contributed by atoms with van der Waals surface area (Å²) in [5, 5.41) is 1.24. The second kappa shape index (κ2) is 8.95. The smallest absolute Gasteiger partial charge is 0.266 e. The SMILES string of the molecule is CCN1C(=O)/C(=C\c2cccc(OCC(N)=O)c2)SC1=Nc1ccc(Cl)cc1. The Labute approximate surface area is 172 Å². The highest BCUT2D eigenvalue weighted by molar-refractivity contribution is 8.18. The fourth-order valence-corrected chi connectivity index (χ4v) is 3.68. The van der Waals surface area contributed by atoms with Gasteiger partial charge in [0.05, 0.1) is 10.6 Å². The average molecular weight is 416 g/mol. The van der Waals surface area contributed by atoms with Crippen LogP contribution in [0.2, 0.25) is 5.02 Å². The molecular weight excluding hydrogens is 398 g/mol. The number of hydrogen-bond donors (Lipinski definition) is 1. The number of carbonyl (C=O) groups is 2. The molecule has 0 saturated carbocycles. The lowest BCUT2D eigenvalue weighted by Crippen LogP contribution is -2.28. The third-order valence-electron chi connectivity index (χ3n) is 3.79. The molecule has 2 aromatic rings. The first kappa shape index (κ1) is 20.0. The van der Waals surface area contributed by atoms with Crippen molar-refractivity contribution in [3.8, 4) is 5.75 Å². The van der Waals surface area contributed by atoms with Crippen LogP contribution in [-0.4, -0.2) is 35.0 Å². The number of ether oxygens (including phenoxy) is 1. The van der Waals surface area contributed by atoms with Gasteiger partial charge in [-0.25, -0.2) is 4.99 Å². The minimum Gasteiger partial charge on any atom is -0.484 e. The Hall–Kier alpha value is -2.77. The van der Waals surface area contributed by atoms with Crippen molar-refractivity contribution in [1.29, 1.82) is 0 Å². The lowest BCUT2D eigenvalue weighted by Gasteiger charge is -2.11. The second-order valence-corrected chi connectivity index (χ2v) is 7.30. The van der Waals surface area contributed by atoms with E-state index in [4.69, 9.17) is 22.1 Å². The van der Waals surface area contributed by atoms with Crippen LogP contribution < -0.4 is 10.5 Å². The largest absolute Gasteiger partial charge is 0.484 e. The van der Waals surface area contributed by atoms with E-state index in [1.54, 1.807) is 53.4 Å². The summed E-state index contributed by atoms with van der Waals surface area (Å²) >= 11 is 7.22. The summed E-state index contributed by atoms with van der Waals surface area (Å²) in [6, 6.07) is 14.2. The van der Waals surface area contributed by atoms with Gasteiger partial charge in [0.2, 0.25) is 0 Å². The van der Waals surface area contributed by atoms with Crippen LogP contribution in [0.4, 0.5) is 5.69 Å². The number of aliphatic imine (C=N–C) groups is 1. The zero-order valence-electron chi connectivity index (χ0n) is 15.1. The van der Waals surface area contributed by atoms with Crippen LogP contribution in [-0.2, 0) is 9.59 Å². The molecule has 6 nitrogen and oxygen atoms in total. The third kappa shape index (κ3) is 4.94. The Morgan fingerprint density at radius 3 is 2.71 bits per heavy atom. The van der Waals surface area contributed by atoms with Gasteiger partial charge in [0.15, 0.2) is 11.8 Å². The minimum absolute atomic E-state index is 0.108. The van der Waals surface area contributed by atoms with E-state index in [0.717, 1.165) is 11.3 Å². The Morgan fingerprint density at radius 2 is 2.04 bits per heavy atom. The lowest BCUT2D eigenvalue weighted by atomic mass is 10.2. The maximum Gasteiger partial charge on any atom is 0.266 e. The summed E-state index contributed by atoms with van der Waals surface area (Å²) < 4.78 is 5.31. The van der Waals surface area contributed by atoms with E-state index in [2.05, 4.69) is 4.99 Å².